The highest BCUT2D eigenvalue weighted by Crippen LogP contribution is 2.18. The zero-order valence-electron chi connectivity index (χ0n) is 11.9. The average Bonchev–Trinajstić information content (AvgIpc) is 2.46. The molecule has 1 aromatic rings. The number of aliphatic hydroxyl groups is 1. The minimum atomic E-state index is -0.390. The molecule has 1 saturated heterocycles. The molecule has 0 radical (unpaired) electrons. The molecular formula is C16H26N2O. The molecular weight excluding hydrogens is 236 g/mol. The molecule has 1 heterocycles. The first-order valence-electron chi connectivity index (χ1n) is 7.38. The van der Waals surface area contributed by atoms with E-state index in [0.717, 1.165) is 18.0 Å². The van der Waals surface area contributed by atoms with Crippen molar-refractivity contribution in [3.8, 4) is 0 Å². The van der Waals surface area contributed by atoms with E-state index in [0.29, 0.717) is 6.54 Å². The Morgan fingerprint density at radius 3 is 2.63 bits per heavy atom. The minimum Gasteiger partial charge on any atom is -0.387 e. The molecule has 0 aromatic heterocycles. The van der Waals surface area contributed by atoms with Gasteiger partial charge in [0.15, 0.2) is 0 Å². The van der Waals surface area contributed by atoms with Crippen LogP contribution in [0.2, 0.25) is 0 Å². The Balaban J connectivity index is 1.59. The summed E-state index contributed by atoms with van der Waals surface area (Å²) in [5, 5.41) is 13.4. The number of hydrogen-bond acceptors (Lipinski definition) is 3. The number of likely N-dealkylation sites (tertiary alicyclic amines) is 1. The topological polar surface area (TPSA) is 35.5 Å². The van der Waals surface area contributed by atoms with Gasteiger partial charge in [0.25, 0.3) is 0 Å². The van der Waals surface area contributed by atoms with Gasteiger partial charge in [-0.1, -0.05) is 30.3 Å². The van der Waals surface area contributed by atoms with Crippen LogP contribution in [-0.4, -0.2) is 43.2 Å². The van der Waals surface area contributed by atoms with E-state index < -0.39 is 6.10 Å². The number of rotatable bonds is 6. The minimum absolute atomic E-state index is 0.390. The van der Waals surface area contributed by atoms with Crippen LogP contribution < -0.4 is 5.32 Å². The van der Waals surface area contributed by atoms with E-state index in [1.54, 1.807) is 0 Å². The van der Waals surface area contributed by atoms with Crippen molar-refractivity contribution in [2.45, 2.75) is 25.4 Å². The number of aliphatic hydroxyl groups excluding tert-OH is 1. The molecule has 1 aromatic carbocycles. The van der Waals surface area contributed by atoms with Gasteiger partial charge in [0.1, 0.15) is 0 Å². The molecule has 2 rings (SSSR count). The first-order valence-corrected chi connectivity index (χ1v) is 7.38. The summed E-state index contributed by atoms with van der Waals surface area (Å²) in [7, 11) is 2.20. The van der Waals surface area contributed by atoms with Crippen LogP contribution in [0.4, 0.5) is 0 Å². The summed E-state index contributed by atoms with van der Waals surface area (Å²) >= 11 is 0. The number of nitrogens with zero attached hydrogens (tertiary/aromatic N) is 1. The maximum absolute atomic E-state index is 10.0. The van der Waals surface area contributed by atoms with Gasteiger partial charge >= 0.3 is 0 Å². The van der Waals surface area contributed by atoms with E-state index >= 15 is 0 Å². The van der Waals surface area contributed by atoms with Crippen molar-refractivity contribution in [2.75, 3.05) is 33.2 Å². The van der Waals surface area contributed by atoms with Crippen molar-refractivity contribution in [3.63, 3.8) is 0 Å². The Kier molecular flexibility index (Phi) is 5.83. The summed E-state index contributed by atoms with van der Waals surface area (Å²) in [5.41, 5.74) is 0.995. The Hall–Kier alpha value is -0.900. The molecule has 1 atom stereocenters. The fourth-order valence-corrected chi connectivity index (χ4v) is 2.69. The van der Waals surface area contributed by atoms with Gasteiger partial charge in [-0.3, -0.25) is 0 Å². The predicted octanol–water partition coefficient (Wildman–Crippen LogP) is 2.04. The lowest BCUT2D eigenvalue weighted by molar-refractivity contribution is 0.171. The van der Waals surface area contributed by atoms with E-state index in [-0.39, 0.29) is 0 Å². The zero-order valence-corrected chi connectivity index (χ0v) is 11.9. The highest BCUT2D eigenvalue weighted by atomic mass is 16.3. The highest BCUT2D eigenvalue weighted by Gasteiger charge is 2.16. The molecule has 1 unspecified atom stereocenters. The molecule has 0 amide bonds. The molecule has 0 saturated carbocycles. The van der Waals surface area contributed by atoms with Gasteiger partial charge in [0.05, 0.1) is 6.10 Å². The Labute approximate surface area is 116 Å². The molecule has 0 bridgehead atoms. The van der Waals surface area contributed by atoms with E-state index in [1.807, 2.05) is 30.3 Å². The summed E-state index contributed by atoms with van der Waals surface area (Å²) in [6, 6.07) is 9.87. The second-order valence-corrected chi connectivity index (χ2v) is 5.67. The van der Waals surface area contributed by atoms with E-state index in [9.17, 15) is 5.11 Å². The van der Waals surface area contributed by atoms with Crippen molar-refractivity contribution in [3.05, 3.63) is 35.9 Å². The standard InChI is InChI=1S/C16H26N2O/c1-18-11-8-14(9-12-18)7-10-17-13-16(19)15-5-3-2-4-6-15/h2-6,14,16-17,19H,7-13H2,1H3. The SMILES string of the molecule is CN1CCC(CCNCC(O)c2ccccc2)CC1. The fourth-order valence-electron chi connectivity index (χ4n) is 2.69. The number of benzene rings is 1. The second-order valence-electron chi connectivity index (χ2n) is 5.67. The van der Waals surface area contributed by atoms with E-state index in [4.69, 9.17) is 0 Å². The van der Waals surface area contributed by atoms with Crippen molar-refractivity contribution in [2.24, 2.45) is 5.92 Å². The molecule has 0 aliphatic carbocycles. The number of hydrogen-bond donors (Lipinski definition) is 2. The van der Waals surface area contributed by atoms with Crippen LogP contribution in [0.15, 0.2) is 30.3 Å². The Bertz CT molecular complexity index is 347. The summed E-state index contributed by atoms with van der Waals surface area (Å²) in [4.78, 5) is 2.41. The molecule has 1 aliphatic rings. The van der Waals surface area contributed by atoms with Crippen LogP contribution >= 0.6 is 0 Å². The lowest BCUT2D eigenvalue weighted by Crippen LogP contribution is -2.32. The van der Waals surface area contributed by atoms with Crippen molar-refractivity contribution >= 4 is 0 Å². The van der Waals surface area contributed by atoms with Gasteiger partial charge in [0.2, 0.25) is 0 Å². The predicted molar refractivity (Wildman–Crippen MR) is 79.1 cm³/mol. The maximum atomic E-state index is 10.0. The summed E-state index contributed by atoms with van der Waals surface area (Å²) in [6.07, 6.45) is 3.48. The van der Waals surface area contributed by atoms with Gasteiger partial charge in [0, 0.05) is 6.54 Å². The second kappa shape index (κ2) is 7.63. The van der Waals surface area contributed by atoms with Crippen LogP contribution in [-0.2, 0) is 0 Å². The van der Waals surface area contributed by atoms with Gasteiger partial charge < -0.3 is 15.3 Å². The average molecular weight is 262 g/mol. The van der Waals surface area contributed by atoms with Gasteiger partial charge in [-0.15, -0.1) is 0 Å². The monoisotopic (exact) mass is 262 g/mol. The third-order valence-electron chi connectivity index (χ3n) is 4.09. The summed E-state index contributed by atoms with van der Waals surface area (Å²) in [5.74, 6) is 0.859. The summed E-state index contributed by atoms with van der Waals surface area (Å²) in [6.45, 7) is 4.13. The molecule has 106 valence electrons. The van der Waals surface area contributed by atoms with Crippen molar-refractivity contribution < 1.29 is 5.11 Å². The number of piperidine rings is 1. The van der Waals surface area contributed by atoms with Crippen LogP contribution in [0.25, 0.3) is 0 Å². The van der Waals surface area contributed by atoms with Gasteiger partial charge in [-0.25, -0.2) is 0 Å². The molecule has 3 heteroatoms. The third kappa shape index (κ3) is 4.94. The third-order valence-corrected chi connectivity index (χ3v) is 4.09. The normalized spacial score (nSPS) is 19.5. The lowest BCUT2D eigenvalue weighted by Gasteiger charge is -2.29. The Morgan fingerprint density at radius 2 is 1.95 bits per heavy atom. The van der Waals surface area contributed by atoms with Crippen LogP contribution in [0.1, 0.15) is 30.9 Å². The van der Waals surface area contributed by atoms with Gasteiger partial charge in [-0.05, 0) is 57.4 Å². The quantitative estimate of drug-likeness (QED) is 0.770. The summed E-state index contributed by atoms with van der Waals surface area (Å²) < 4.78 is 0. The van der Waals surface area contributed by atoms with Crippen LogP contribution in [0.3, 0.4) is 0 Å². The molecule has 1 aliphatic heterocycles. The largest absolute Gasteiger partial charge is 0.387 e. The molecule has 0 spiro atoms. The van der Waals surface area contributed by atoms with E-state index in [1.165, 1.54) is 32.4 Å². The van der Waals surface area contributed by atoms with Crippen LogP contribution in [0.5, 0.6) is 0 Å². The van der Waals surface area contributed by atoms with Crippen molar-refractivity contribution in [1.29, 1.82) is 0 Å². The molecule has 3 nitrogen and oxygen atoms in total. The molecule has 1 fully saturated rings. The number of nitrogens with one attached hydrogen (secondary N) is 1. The Morgan fingerprint density at radius 1 is 1.26 bits per heavy atom. The van der Waals surface area contributed by atoms with Gasteiger partial charge in [-0.2, -0.15) is 0 Å². The fraction of sp³-hybridized carbons (Fsp3) is 0.625. The lowest BCUT2D eigenvalue weighted by atomic mass is 9.94. The zero-order chi connectivity index (χ0) is 13.5. The maximum Gasteiger partial charge on any atom is 0.0914 e. The van der Waals surface area contributed by atoms with Crippen molar-refractivity contribution in [1.82, 2.24) is 10.2 Å². The first-order chi connectivity index (χ1) is 9.25. The van der Waals surface area contributed by atoms with Crippen LogP contribution in [0, 0.1) is 5.92 Å². The van der Waals surface area contributed by atoms with E-state index in [2.05, 4.69) is 17.3 Å². The molecule has 19 heavy (non-hydrogen) atoms. The smallest absolute Gasteiger partial charge is 0.0914 e. The first kappa shape index (κ1) is 14.5. The molecule has 2 N–H and O–H groups in total. The highest BCUT2D eigenvalue weighted by molar-refractivity contribution is 5.17.